The number of nitrogens with two attached hydrogens (primary N) is 1. The molecule has 0 amide bonds. The Morgan fingerprint density at radius 2 is 1.95 bits per heavy atom. The van der Waals surface area contributed by atoms with E-state index in [2.05, 4.69) is 15.9 Å². The van der Waals surface area contributed by atoms with Crippen LogP contribution >= 0.6 is 0 Å². The van der Waals surface area contributed by atoms with E-state index < -0.39 is 0 Å². The summed E-state index contributed by atoms with van der Waals surface area (Å²) in [6, 6.07) is 7.72. The predicted molar refractivity (Wildman–Crippen MR) is 78.1 cm³/mol. The molecule has 1 aliphatic carbocycles. The van der Waals surface area contributed by atoms with Gasteiger partial charge in [0.1, 0.15) is 0 Å². The maximum absolute atomic E-state index is 11.6. The van der Waals surface area contributed by atoms with E-state index in [0.717, 1.165) is 28.8 Å². The van der Waals surface area contributed by atoms with Gasteiger partial charge in [-0.25, -0.2) is 5.10 Å². The van der Waals surface area contributed by atoms with Crippen LogP contribution in [0.5, 0.6) is 0 Å². The fourth-order valence-electron chi connectivity index (χ4n) is 2.48. The summed E-state index contributed by atoms with van der Waals surface area (Å²) in [5.41, 5.74) is 5.44. The summed E-state index contributed by atoms with van der Waals surface area (Å²) in [5.74, 6) is 0.877. The molecule has 0 atom stereocenters. The standard InChI is InChI=1S/C14H16N2O.CH5N/c17-14-12-7-2-1-6-11(12)13(15-16-14)9-8-10-4-3-5-10;1-2/h1-2,6-7,10H,3-5,8-9H2,(H,16,17);2H2,1H3. The Labute approximate surface area is 113 Å². The number of aryl methyl sites for hydroxylation is 1. The summed E-state index contributed by atoms with van der Waals surface area (Å²) in [4.78, 5) is 11.6. The van der Waals surface area contributed by atoms with E-state index in [1.165, 1.54) is 32.7 Å². The Balaban J connectivity index is 0.000000637. The fraction of sp³-hybridized carbons (Fsp3) is 0.467. The number of H-pyrrole nitrogens is 1. The highest BCUT2D eigenvalue weighted by Gasteiger charge is 2.17. The summed E-state index contributed by atoms with van der Waals surface area (Å²) < 4.78 is 0. The zero-order valence-electron chi connectivity index (χ0n) is 11.4. The first kappa shape index (κ1) is 13.7. The molecular formula is C15H21N3O. The molecule has 1 fully saturated rings. The maximum atomic E-state index is 11.6. The number of hydrogen-bond acceptors (Lipinski definition) is 3. The lowest BCUT2D eigenvalue weighted by molar-refractivity contribution is 0.295. The zero-order valence-corrected chi connectivity index (χ0v) is 11.4. The lowest BCUT2D eigenvalue weighted by Crippen LogP contribution is -2.14. The van der Waals surface area contributed by atoms with Crippen molar-refractivity contribution in [3.63, 3.8) is 0 Å². The molecular weight excluding hydrogens is 238 g/mol. The van der Waals surface area contributed by atoms with Crippen molar-refractivity contribution in [2.24, 2.45) is 11.7 Å². The molecule has 0 unspecified atom stereocenters. The van der Waals surface area contributed by atoms with E-state index in [1.807, 2.05) is 24.3 Å². The summed E-state index contributed by atoms with van der Waals surface area (Å²) in [7, 11) is 1.50. The number of fused-ring (bicyclic) bond motifs is 1. The van der Waals surface area contributed by atoms with Crippen LogP contribution < -0.4 is 11.3 Å². The van der Waals surface area contributed by atoms with Crippen LogP contribution in [0.4, 0.5) is 0 Å². The van der Waals surface area contributed by atoms with E-state index in [1.54, 1.807) is 0 Å². The van der Waals surface area contributed by atoms with Crippen molar-refractivity contribution in [1.82, 2.24) is 10.2 Å². The first-order valence-electron chi connectivity index (χ1n) is 6.88. The van der Waals surface area contributed by atoms with Gasteiger partial charge < -0.3 is 5.73 Å². The van der Waals surface area contributed by atoms with Crippen molar-refractivity contribution in [2.45, 2.75) is 32.1 Å². The number of aromatic amines is 1. The molecule has 1 aromatic heterocycles. The average Bonchev–Trinajstić information content (AvgIpc) is 2.42. The number of nitrogens with one attached hydrogen (secondary N) is 1. The van der Waals surface area contributed by atoms with E-state index in [4.69, 9.17) is 0 Å². The number of hydrogen-bond donors (Lipinski definition) is 2. The average molecular weight is 259 g/mol. The SMILES string of the molecule is CN.O=c1[nH]nc(CCC2CCC2)c2ccccc12. The minimum Gasteiger partial charge on any atom is -0.333 e. The van der Waals surface area contributed by atoms with Gasteiger partial charge in [0.2, 0.25) is 0 Å². The Morgan fingerprint density at radius 3 is 2.58 bits per heavy atom. The molecule has 102 valence electrons. The van der Waals surface area contributed by atoms with Gasteiger partial charge in [-0.15, -0.1) is 0 Å². The molecule has 3 rings (SSSR count). The number of benzene rings is 1. The normalized spacial score (nSPS) is 14.6. The zero-order chi connectivity index (χ0) is 13.7. The number of rotatable bonds is 3. The van der Waals surface area contributed by atoms with Crippen LogP contribution in [-0.4, -0.2) is 17.2 Å². The summed E-state index contributed by atoms with van der Waals surface area (Å²) in [5, 5.41) is 8.56. The minimum atomic E-state index is -0.0898. The topological polar surface area (TPSA) is 71.8 Å². The molecule has 0 spiro atoms. The highest BCUT2D eigenvalue weighted by Crippen LogP contribution is 2.30. The van der Waals surface area contributed by atoms with Gasteiger partial charge in [-0.2, -0.15) is 5.10 Å². The summed E-state index contributed by atoms with van der Waals surface area (Å²) >= 11 is 0. The van der Waals surface area contributed by atoms with Gasteiger partial charge in [0, 0.05) is 5.39 Å². The Bertz CT molecular complexity index is 587. The fourth-order valence-corrected chi connectivity index (χ4v) is 2.48. The van der Waals surface area contributed by atoms with E-state index >= 15 is 0 Å². The second-order valence-corrected chi connectivity index (χ2v) is 4.88. The summed E-state index contributed by atoms with van der Waals surface area (Å²) in [6.07, 6.45) is 6.28. The van der Waals surface area contributed by atoms with Crippen LogP contribution in [0.3, 0.4) is 0 Å². The molecule has 0 bridgehead atoms. The number of aromatic nitrogens is 2. The van der Waals surface area contributed by atoms with Gasteiger partial charge in [0.15, 0.2) is 0 Å². The lowest BCUT2D eigenvalue weighted by atomic mass is 9.81. The molecule has 1 aliphatic rings. The lowest BCUT2D eigenvalue weighted by Gasteiger charge is -2.24. The van der Waals surface area contributed by atoms with Crippen molar-refractivity contribution in [1.29, 1.82) is 0 Å². The van der Waals surface area contributed by atoms with Crippen molar-refractivity contribution >= 4 is 10.8 Å². The van der Waals surface area contributed by atoms with Gasteiger partial charge >= 0.3 is 0 Å². The molecule has 4 heteroatoms. The Morgan fingerprint density at radius 1 is 1.26 bits per heavy atom. The van der Waals surface area contributed by atoms with Crippen LogP contribution in [-0.2, 0) is 6.42 Å². The van der Waals surface area contributed by atoms with Crippen LogP contribution in [0.1, 0.15) is 31.4 Å². The van der Waals surface area contributed by atoms with Crippen molar-refractivity contribution in [2.75, 3.05) is 7.05 Å². The highest BCUT2D eigenvalue weighted by molar-refractivity contribution is 5.83. The third-order valence-electron chi connectivity index (χ3n) is 3.79. The minimum absolute atomic E-state index is 0.0898. The summed E-state index contributed by atoms with van der Waals surface area (Å²) in [6.45, 7) is 0. The van der Waals surface area contributed by atoms with Gasteiger partial charge in [0.25, 0.3) is 5.56 Å². The van der Waals surface area contributed by atoms with Crippen LogP contribution in [0, 0.1) is 5.92 Å². The van der Waals surface area contributed by atoms with E-state index in [-0.39, 0.29) is 5.56 Å². The van der Waals surface area contributed by atoms with Crippen LogP contribution in [0.25, 0.3) is 10.8 Å². The van der Waals surface area contributed by atoms with E-state index in [9.17, 15) is 4.79 Å². The van der Waals surface area contributed by atoms with Gasteiger partial charge in [0.05, 0.1) is 11.1 Å². The molecule has 19 heavy (non-hydrogen) atoms. The maximum Gasteiger partial charge on any atom is 0.272 e. The van der Waals surface area contributed by atoms with Gasteiger partial charge in [-0.1, -0.05) is 37.5 Å². The molecule has 2 aromatic rings. The first-order chi connectivity index (χ1) is 9.34. The second-order valence-electron chi connectivity index (χ2n) is 4.88. The molecule has 1 heterocycles. The second kappa shape index (κ2) is 6.48. The van der Waals surface area contributed by atoms with Crippen molar-refractivity contribution in [3.05, 3.63) is 40.3 Å². The number of nitrogens with zero attached hydrogens (tertiary/aromatic N) is 1. The highest BCUT2D eigenvalue weighted by atomic mass is 16.1. The smallest absolute Gasteiger partial charge is 0.272 e. The van der Waals surface area contributed by atoms with Crippen molar-refractivity contribution in [3.8, 4) is 0 Å². The van der Waals surface area contributed by atoms with Crippen molar-refractivity contribution < 1.29 is 0 Å². The molecule has 3 N–H and O–H groups in total. The molecule has 0 saturated heterocycles. The Kier molecular flexibility index (Phi) is 4.68. The third-order valence-corrected chi connectivity index (χ3v) is 3.79. The van der Waals surface area contributed by atoms with Gasteiger partial charge in [-0.05, 0) is 31.9 Å². The monoisotopic (exact) mass is 259 g/mol. The molecule has 0 aliphatic heterocycles. The third kappa shape index (κ3) is 3.01. The molecule has 0 radical (unpaired) electrons. The first-order valence-corrected chi connectivity index (χ1v) is 6.88. The Hall–Kier alpha value is -1.68. The predicted octanol–water partition coefficient (Wildman–Crippen LogP) is 2.23. The van der Waals surface area contributed by atoms with E-state index in [0.29, 0.717) is 0 Å². The van der Waals surface area contributed by atoms with Gasteiger partial charge in [-0.3, -0.25) is 4.79 Å². The molecule has 1 saturated carbocycles. The molecule has 1 aromatic carbocycles. The van der Waals surface area contributed by atoms with Crippen LogP contribution in [0.2, 0.25) is 0 Å². The molecule has 4 nitrogen and oxygen atoms in total. The largest absolute Gasteiger partial charge is 0.333 e. The quantitative estimate of drug-likeness (QED) is 0.888. The van der Waals surface area contributed by atoms with Crippen LogP contribution in [0.15, 0.2) is 29.1 Å².